The van der Waals surface area contributed by atoms with Crippen molar-refractivity contribution in [1.82, 2.24) is 0 Å². The number of carbonyl (C=O) groups excluding carboxylic acids is 2. The van der Waals surface area contributed by atoms with Gasteiger partial charge in [0.2, 0.25) is 5.91 Å². The molecule has 6 nitrogen and oxygen atoms in total. The molecular formula is C14H21N3O3. The van der Waals surface area contributed by atoms with Crippen LogP contribution >= 0.6 is 0 Å². The standard InChI is InChI=1S/C14H21N3O3/c1-2-3-4-12(15)14(19)17-10-5-7-11(8-6-10)20-9-13(16)18/h5-8,12H,2-4,9,15H2,1H3,(H2,16,18)(H,17,19). The molecule has 0 radical (unpaired) electrons. The van der Waals surface area contributed by atoms with Crippen LogP contribution in [0.4, 0.5) is 5.69 Å². The number of carbonyl (C=O) groups is 2. The zero-order valence-corrected chi connectivity index (χ0v) is 11.6. The molecule has 0 saturated carbocycles. The van der Waals surface area contributed by atoms with E-state index >= 15 is 0 Å². The van der Waals surface area contributed by atoms with Crippen LogP contribution in [0.3, 0.4) is 0 Å². The zero-order valence-electron chi connectivity index (χ0n) is 11.6. The molecule has 110 valence electrons. The second kappa shape index (κ2) is 8.16. The van der Waals surface area contributed by atoms with Gasteiger partial charge in [0.05, 0.1) is 6.04 Å². The molecule has 1 atom stereocenters. The molecule has 0 aliphatic heterocycles. The number of nitrogens with two attached hydrogens (primary N) is 2. The number of nitrogens with one attached hydrogen (secondary N) is 1. The Morgan fingerprint density at radius 3 is 2.50 bits per heavy atom. The Bertz CT molecular complexity index is 445. The van der Waals surface area contributed by atoms with E-state index in [1.165, 1.54) is 0 Å². The van der Waals surface area contributed by atoms with Gasteiger partial charge in [-0.1, -0.05) is 19.8 Å². The van der Waals surface area contributed by atoms with Crippen LogP contribution in [0.2, 0.25) is 0 Å². The first kappa shape index (κ1) is 16.0. The molecule has 6 heteroatoms. The minimum atomic E-state index is -0.538. The normalized spacial score (nSPS) is 11.7. The lowest BCUT2D eigenvalue weighted by molar-refractivity contribution is -0.120. The highest BCUT2D eigenvalue weighted by molar-refractivity contribution is 5.94. The van der Waals surface area contributed by atoms with Crippen molar-refractivity contribution >= 4 is 17.5 Å². The summed E-state index contributed by atoms with van der Waals surface area (Å²) >= 11 is 0. The van der Waals surface area contributed by atoms with Gasteiger partial charge in [-0.3, -0.25) is 9.59 Å². The predicted molar refractivity (Wildman–Crippen MR) is 77.3 cm³/mol. The van der Waals surface area contributed by atoms with Crippen LogP contribution in [0.5, 0.6) is 5.75 Å². The minimum absolute atomic E-state index is 0.173. The average molecular weight is 279 g/mol. The molecule has 0 fully saturated rings. The van der Waals surface area contributed by atoms with Gasteiger partial charge in [0.15, 0.2) is 6.61 Å². The molecule has 0 heterocycles. The summed E-state index contributed by atoms with van der Waals surface area (Å²) in [5, 5.41) is 2.73. The fourth-order valence-electron chi connectivity index (χ4n) is 1.58. The average Bonchev–Trinajstić information content (AvgIpc) is 2.43. The Hall–Kier alpha value is -2.08. The van der Waals surface area contributed by atoms with Crippen LogP contribution in [0.1, 0.15) is 26.2 Å². The Morgan fingerprint density at radius 2 is 1.95 bits per heavy atom. The summed E-state index contributed by atoms with van der Waals surface area (Å²) in [6.07, 6.45) is 2.60. The highest BCUT2D eigenvalue weighted by Gasteiger charge is 2.12. The van der Waals surface area contributed by atoms with Gasteiger partial charge in [0.1, 0.15) is 5.75 Å². The third kappa shape index (κ3) is 5.71. The first-order valence-electron chi connectivity index (χ1n) is 6.60. The van der Waals surface area contributed by atoms with Gasteiger partial charge in [-0.2, -0.15) is 0 Å². The van der Waals surface area contributed by atoms with Crippen molar-refractivity contribution in [2.45, 2.75) is 32.2 Å². The van der Waals surface area contributed by atoms with E-state index in [4.69, 9.17) is 16.2 Å². The maximum atomic E-state index is 11.8. The second-order valence-electron chi connectivity index (χ2n) is 4.52. The number of hydrogen-bond acceptors (Lipinski definition) is 4. The topological polar surface area (TPSA) is 107 Å². The Morgan fingerprint density at radius 1 is 1.30 bits per heavy atom. The molecule has 2 amide bonds. The maximum Gasteiger partial charge on any atom is 0.255 e. The Balaban J connectivity index is 2.48. The van der Waals surface area contributed by atoms with Crippen LogP contribution in [0, 0.1) is 0 Å². The molecule has 0 aromatic heterocycles. The van der Waals surface area contributed by atoms with E-state index in [1.807, 2.05) is 0 Å². The van der Waals surface area contributed by atoms with Gasteiger partial charge < -0.3 is 21.5 Å². The lowest BCUT2D eigenvalue weighted by atomic mass is 10.1. The van der Waals surface area contributed by atoms with Crippen molar-refractivity contribution < 1.29 is 14.3 Å². The minimum Gasteiger partial charge on any atom is -0.484 e. The third-order valence-electron chi connectivity index (χ3n) is 2.71. The van der Waals surface area contributed by atoms with Crippen LogP contribution in [0.15, 0.2) is 24.3 Å². The number of unbranched alkanes of at least 4 members (excludes halogenated alkanes) is 1. The largest absolute Gasteiger partial charge is 0.484 e. The molecular weight excluding hydrogens is 258 g/mol. The molecule has 0 aliphatic rings. The van der Waals surface area contributed by atoms with E-state index in [-0.39, 0.29) is 12.5 Å². The van der Waals surface area contributed by atoms with Crippen molar-refractivity contribution in [2.75, 3.05) is 11.9 Å². The monoisotopic (exact) mass is 279 g/mol. The second-order valence-corrected chi connectivity index (χ2v) is 4.52. The lowest BCUT2D eigenvalue weighted by Crippen LogP contribution is -2.35. The van der Waals surface area contributed by atoms with E-state index in [1.54, 1.807) is 24.3 Å². The Labute approximate surface area is 118 Å². The summed E-state index contributed by atoms with van der Waals surface area (Å²) in [4.78, 5) is 22.4. The van der Waals surface area contributed by atoms with Gasteiger partial charge in [-0.25, -0.2) is 0 Å². The van der Waals surface area contributed by atoms with Gasteiger partial charge in [-0.15, -0.1) is 0 Å². The van der Waals surface area contributed by atoms with E-state index in [9.17, 15) is 9.59 Å². The van der Waals surface area contributed by atoms with Gasteiger partial charge in [0, 0.05) is 5.69 Å². The quantitative estimate of drug-likeness (QED) is 0.660. The number of anilines is 1. The summed E-state index contributed by atoms with van der Waals surface area (Å²) < 4.78 is 5.12. The van der Waals surface area contributed by atoms with E-state index in [0.717, 1.165) is 12.8 Å². The molecule has 20 heavy (non-hydrogen) atoms. The maximum absolute atomic E-state index is 11.8. The van der Waals surface area contributed by atoms with E-state index < -0.39 is 11.9 Å². The van der Waals surface area contributed by atoms with Gasteiger partial charge >= 0.3 is 0 Å². The fourth-order valence-corrected chi connectivity index (χ4v) is 1.58. The Kier molecular flexibility index (Phi) is 6.52. The molecule has 0 saturated heterocycles. The number of rotatable bonds is 8. The lowest BCUT2D eigenvalue weighted by Gasteiger charge is -2.12. The highest BCUT2D eigenvalue weighted by Crippen LogP contribution is 2.16. The van der Waals surface area contributed by atoms with Crippen molar-refractivity contribution in [3.8, 4) is 5.75 Å². The number of primary amides is 1. The molecule has 1 unspecified atom stereocenters. The number of ether oxygens (including phenoxy) is 1. The van der Waals surface area contributed by atoms with Crippen molar-refractivity contribution in [3.05, 3.63) is 24.3 Å². The van der Waals surface area contributed by atoms with Gasteiger partial charge in [0.25, 0.3) is 5.91 Å². The summed E-state index contributed by atoms with van der Waals surface area (Å²) in [6, 6.07) is 6.16. The summed E-state index contributed by atoms with van der Waals surface area (Å²) in [6.45, 7) is 1.88. The molecule has 1 rings (SSSR count). The summed E-state index contributed by atoms with van der Waals surface area (Å²) in [5.41, 5.74) is 11.4. The molecule has 5 N–H and O–H groups in total. The SMILES string of the molecule is CCCCC(N)C(=O)Nc1ccc(OCC(N)=O)cc1. The number of benzene rings is 1. The zero-order chi connectivity index (χ0) is 15.0. The number of amides is 2. The van der Waals surface area contributed by atoms with Crippen LogP contribution in [-0.4, -0.2) is 24.5 Å². The van der Waals surface area contributed by atoms with Crippen molar-refractivity contribution in [1.29, 1.82) is 0 Å². The highest BCUT2D eigenvalue weighted by atomic mass is 16.5. The first-order valence-corrected chi connectivity index (χ1v) is 6.60. The van der Waals surface area contributed by atoms with Crippen molar-refractivity contribution in [3.63, 3.8) is 0 Å². The van der Waals surface area contributed by atoms with E-state index in [2.05, 4.69) is 12.2 Å². The molecule has 1 aromatic carbocycles. The molecule has 1 aromatic rings. The predicted octanol–water partition coefficient (Wildman–Crippen LogP) is 1.01. The van der Waals surface area contributed by atoms with Crippen LogP contribution in [0.25, 0.3) is 0 Å². The third-order valence-corrected chi connectivity index (χ3v) is 2.71. The van der Waals surface area contributed by atoms with Crippen molar-refractivity contribution in [2.24, 2.45) is 11.5 Å². The smallest absolute Gasteiger partial charge is 0.255 e. The van der Waals surface area contributed by atoms with E-state index in [0.29, 0.717) is 17.9 Å². The summed E-state index contributed by atoms with van der Waals surface area (Å²) in [5.74, 6) is -0.231. The first-order chi connectivity index (χ1) is 9.52. The van der Waals surface area contributed by atoms with Gasteiger partial charge in [-0.05, 0) is 30.7 Å². The molecule has 0 bridgehead atoms. The number of hydrogen-bond donors (Lipinski definition) is 3. The summed E-state index contributed by atoms with van der Waals surface area (Å²) in [7, 11) is 0. The van der Waals surface area contributed by atoms with Crippen LogP contribution < -0.4 is 21.5 Å². The molecule has 0 aliphatic carbocycles. The fraction of sp³-hybridized carbons (Fsp3) is 0.429. The van der Waals surface area contributed by atoms with Crippen LogP contribution in [-0.2, 0) is 9.59 Å². The molecule has 0 spiro atoms.